The maximum Gasteiger partial charge on any atom is 0.0563 e. The molecule has 16 heavy (non-hydrogen) atoms. The maximum atomic E-state index is 8.55. The molecule has 0 spiro atoms. The Morgan fingerprint density at radius 1 is 0.875 bits per heavy atom. The van der Waals surface area contributed by atoms with E-state index >= 15 is 0 Å². The molecule has 0 radical (unpaired) electrons. The Bertz CT molecular complexity index is 105. The van der Waals surface area contributed by atoms with Gasteiger partial charge in [-0.3, -0.25) is 0 Å². The number of hydrogen-bond acceptors (Lipinski definition) is 3. The van der Waals surface area contributed by atoms with Gasteiger partial charge in [0.05, 0.1) is 17.3 Å². The van der Waals surface area contributed by atoms with Crippen LogP contribution >= 0.6 is 0 Å². The molecule has 0 aliphatic carbocycles. The lowest BCUT2D eigenvalue weighted by Crippen LogP contribution is -2.10. The van der Waals surface area contributed by atoms with Crippen LogP contribution < -0.4 is 0 Å². The second-order valence-corrected chi connectivity index (χ2v) is 5.98. The average Bonchev–Trinajstić information content (AvgIpc) is 1.76. The van der Waals surface area contributed by atoms with Crippen LogP contribution in [0.2, 0.25) is 0 Å². The van der Waals surface area contributed by atoms with Gasteiger partial charge in [-0.1, -0.05) is 13.3 Å². The first kappa shape index (κ1) is 21.2. The molecule has 0 aliphatic heterocycles. The highest BCUT2D eigenvalue weighted by molar-refractivity contribution is 4.51. The highest BCUT2D eigenvalue weighted by Gasteiger charge is 1.98. The van der Waals surface area contributed by atoms with Crippen LogP contribution in [-0.4, -0.2) is 32.6 Å². The second-order valence-electron chi connectivity index (χ2n) is 5.98. The fourth-order valence-electron chi connectivity index (χ4n) is 0.418. The van der Waals surface area contributed by atoms with E-state index in [-0.39, 0.29) is 6.10 Å². The van der Waals surface area contributed by atoms with E-state index in [1.807, 2.05) is 6.92 Å². The predicted octanol–water partition coefficient (Wildman–Crippen LogP) is 2.72. The molecule has 3 nitrogen and oxygen atoms in total. The largest absolute Gasteiger partial charge is 0.393 e. The van der Waals surface area contributed by atoms with Crippen molar-refractivity contribution in [2.24, 2.45) is 0 Å². The zero-order valence-electron chi connectivity index (χ0n) is 12.3. The van der Waals surface area contributed by atoms with E-state index in [0.717, 1.165) is 12.8 Å². The van der Waals surface area contributed by atoms with Crippen molar-refractivity contribution in [3.05, 3.63) is 0 Å². The van der Waals surface area contributed by atoms with Crippen molar-refractivity contribution in [3.63, 3.8) is 0 Å². The SMILES string of the molecule is CC(C)(C)O.CC(C)(C)O.CCCC(C)O. The fourth-order valence-corrected chi connectivity index (χ4v) is 0.418. The molecule has 0 aromatic heterocycles. The van der Waals surface area contributed by atoms with Crippen molar-refractivity contribution in [2.45, 2.75) is 85.5 Å². The molecule has 0 saturated carbocycles. The van der Waals surface area contributed by atoms with E-state index in [1.54, 1.807) is 41.5 Å². The maximum absolute atomic E-state index is 8.55. The molecule has 0 saturated heterocycles. The Kier molecular flexibility index (Phi) is 13.3. The smallest absolute Gasteiger partial charge is 0.0563 e. The molecular formula is C13H32O3. The molecule has 0 aromatic carbocycles. The monoisotopic (exact) mass is 236 g/mol. The van der Waals surface area contributed by atoms with Gasteiger partial charge in [0.25, 0.3) is 0 Å². The van der Waals surface area contributed by atoms with Crippen molar-refractivity contribution in [2.75, 3.05) is 0 Å². The van der Waals surface area contributed by atoms with E-state index < -0.39 is 11.2 Å². The highest BCUT2D eigenvalue weighted by atomic mass is 16.3. The van der Waals surface area contributed by atoms with Crippen molar-refractivity contribution in [1.82, 2.24) is 0 Å². The van der Waals surface area contributed by atoms with Gasteiger partial charge in [0.1, 0.15) is 0 Å². The van der Waals surface area contributed by atoms with E-state index in [1.165, 1.54) is 0 Å². The summed E-state index contributed by atoms with van der Waals surface area (Å²) in [5, 5.41) is 25.6. The van der Waals surface area contributed by atoms with Gasteiger partial charge in [-0.15, -0.1) is 0 Å². The first-order chi connectivity index (χ1) is 6.77. The van der Waals surface area contributed by atoms with Gasteiger partial charge in [0.15, 0.2) is 0 Å². The molecule has 102 valence electrons. The zero-order chi connectivity index (χ0) is 14.0. The lowest BCUT2D eigenvalue weighted by atomic mass is 10.2. The quantitative estimate of drug-likeness (QED) is 0.691. The van der Waals surface area contributed by atoms with Crippen LogP contribution in [0.3, 0.4) is 0 Å². The summed E-state index contributed by atoms with van der Waals surface area (Å²) in [5.74, 6) is 0. The van der Waals surface area contributed by atoms with Crippen molar-refractivity contribution in [3.8, 4) is 0 Å². The third kappa shape index (κ3) is 278. The lowest BCUT2D eigenvalue weighted by molar-refractivity contribution is 0.101. The highest BCUT2D eigenvalue weighted by Crippen LogP contribution is 1.94. The van der Waals surface area contributed by atoms with Gasteiger partial charge in [0.2, 0.25) is 0 Å². The Balaban J connectivity index is -0.000000160. The van der Waals surface area contributed by atoms with E-state index in [9.17, 15) is 0 Å². The molecule has 0 rings (SSSR count). The number of aliphatic hydroxyl groups is 3. The third-order valence-electron chi connectivity index (χ3n) is 0.706. The van der Waals surface area contributed by atoms with E-state index in [4.69, 9.17) is 15.3 Å². The van der Waals surface area contributed by atoms with Crippen LogP contribution in [0, 0.1) is 0 Å². The molecule has 3 N–H and O–H groups in total. The fraction of sp³-hybridized carbons (Fsp3) is 1.00. The topological polar surface area (TPSA) is 60.7 Å². The minimum atomic E-state index is -0.500. The Morgan fingerprint density at radius 3 is 1.06 bits per heavy atom. The van der Waals surface area contributed by atoms with Crippen molar-refractivity contribution < 1.29 is 15.3 Å². The summed E-state index contributed by atoms with van der Waals surface area (Å²) in [4.78, 5) is 0. The van der Waals surface area contributed by atoms with Gasteiger partial charge in [0, 0.05) is 0 Å². The summed E-state index contributed by atoms with van der Waals surface area (Å²) in [6.07, 6.45) is 1.91. The molecule has 3 heteroatoms. The summed E-state index contributed by atoms with van der Waals surface area (Å²) in [5.41, 5.74) is -1.00. The van der Waals surface area contributed by atoms with Crippen molar-refractivity contribution in [1.29, 1.82) is 0 Å². The van der Waals surface area contributed by atoms with Gasteiger partial charge >= 0.3 is 0 Å². The molecular weight excluding hydrogens is 204 g/mol. The van der Waals surface area contributed by atoms with Crippen LogP contribution in [0.1, 0.15) is 68.2 Å². The third-order valence-corrected chi connectivity index (χ3v) is 0.706. The number of hydrogen-bond donors (Lipinski definition) is 3. The molecule has 0 heterocycles. The first-order valence-electron chi connectivity index (χ1n) is 5.90. The minimum absolute atomic E-state index is 0.102. The van der Waals surface area contributed by atoms with Crippen LogP contribution in [0.25, 0.3) is 0 Å². The first-order valence-corrected chi connectivity index (χ1v) is 5.90. The molecule has 1 atom stereocenters. The van der Waals surface area contributed by atoms with Gasteiger partial charge in [-0.05, 0) is 54.9 Å². The van der Waals surface area contributed by atoms with Crippen LogP contribution in [-0.2, 0) is 0 Å². The summed E-state index contributed by atoms with van der Waals surface area (Å²) in [6.45, 7) is 14.3. The predicted molar refractivity (Wildman–Crippen MR) is 70.5 cm³/mol. The Labute approximate surface area is 102 Å². The number of rotatable bonds is 2. The normalized spacial score (nSPS) is 12.9. The van der Waals surface area contributed by atoms with E-state index in [0.29, 0.717) is 0 Å². The number of aliphatic hydroxyl groups excluding tert-OH is 1. The summed E-state index contributed by atoms with van der Waals surface area (Å²) >= 11 is 0. The summed E-state index contributed by atoms with van der Waals surface area (Å²) in [7, 11) is 0. The van der Waals surface area contributed by atoms with Crippen LogP contribution in [0.5, 0.6) is 0 Å². The second kappa shape index (κ2) is 10.1. The van der Waals surface area contributed by atoms with Gasteiger partial charge in [-0.2, -0.15) is 0 Å². The minimum Gasteiger partial charge on any atom is -0.393 e. The molecule has 0 amide bonds. The molecule has 0 fully saturated rings. The Hall–Kier alpha value is -0.120. The Morgan fingerprint density at radius 2 is 1.06 bits per heavy atom. The average molecular weight is 236 g/mol. The summed E-state index contributed by atoms with van der Waals surface area (Å²) < 4.78 is 0. The van der Waals surface area contributed by atoms with Crippen molar-refractivity contribution >= 4 is 0 Å². The zero-order valence-corrected chi connectivity index (χ0v) is 12.3. The molecule has 0 aliphatic rings. The molecule has 0 aromatic rings. The summed E-state index contributed by atoms with van der Waals surface area (Å²) in [6, 6.07) is 0. The molecule has 1 unspecified atom stereocenters. The van der Waals surface area contributed by atoms with Crippen LogP contribution in [0.15, 0.2) is 0 Å². The van der Waals surface area contributed by atoms with E-state index in [2.05, 4.69) is 6.92 Å². The van der Waals surface area contributed by atoms with Gasteiger partial charge in [-0.25, -0.2) is 0 Å². The lowest BCUT2D eigenvalue weighted by Gasteiger charge is -2.04. The molecule has 0 bridgehead atoms. The van der Waals surface area contributed by atoms with Crippen LogP contribution in [0.4, 0.5) is 0 Å². The standard InChI is InChI=1S/C5H12O.2C4H10O/c1-3-4-5(2)6;2*1-4(2,3)5/h5-6H,3-4H2,1-2H3;2*5H,1-3H3. The van der Waals surface area contributed by atoms with Gasteiger partial charge < -0.3 is 15.3 Å².